The Morgan fingerprint density at radius 3 is 1.45 bits per heavy atom. The van der Waals surface area contributed by atoms with Crippen LogP contribution in [0.3, 0.4) is 0 Å². The van der Waals surface area contributed by atoms with Crippen molar-refractivity contribution >= 4 is 5.91 Å². The van der Waals surface area contributed by atoms with E-state index in [0.29, 0.717) is 6.42 Å². The van der Waals surface area contributed by atoms with Crippen molar-refractivity contribution in [1.82, 2.24) is 5.32 Å². The Labute approximate surface area is 385 Å². The summed E-state index contributed by atoms with van der Waals surface area (Å²) in [6.07, 6.45) is -1.70. The topological polar surface area (TPSA) is 307 Å². The molecular weight excluding hydrogens is 854 g/mol. The van der Waals surface area contributed by atoms with Crippen LogP contribution in [0.1, 0.15) is 142 Å². The van der Waals surface area contributed by atoms with Gasteiger partial charge in [0.2, 0.25) is 5.91 Å². The molecule has 0 aromatic carbocycles. The third-order valence-corrected chi connectivity index (χ3v) is 12.6. The first-order chi connectivity index (χ1) is 31.3. The molecule has 1 amide bonds. The standard InChI is InChI=1S/C46H85NO18/c1-3-5-7-9-11-12-13-14-15-16-18-20-22-24-34(52)47-29(30(51)23-21-19-17-10-8-6-4-2)28-60-44-40(58)37(55)42(32(26-49)62-44)65-46-41(59)38(56)43(33(27-50)63-46)64-45-39(57)36(54)35(53)31(25-48)61-45/h21,23,29-33,35-46,48-51,53-59H,3-20,22,24-28H2,1-2H3,(H,47,52)/b23-21+. The Hall–Kier alpha value is -1.47. The Balaban J connectivity index is 1.56. The van der Waals surface area contributed by atoms with E-state index in [-0.39, 0.29) is 18.9 Å². The number of hydrogen-bond acceptors (Lipinski definition) is 18. The minimum Gasteiger partial charge on any atom is -0.394 e. The molecule has 3 aliphatic heterocycles. The van der Waals surface area contributed by atoms with Gasteiger partial charge in [-0.2, -0.15) is 0 Å². The molecular formula is C46H85NO18. The van der Waals surface area contributed by atoms with Crippen molar-refractivity contribution < 1.29 is 89.4 Å². The second-order valence-corrected chi connectivity index (χ2v) is 17.9. The first kappa shape index (κ1) is 57.8. The van der Waals surface area contributed by atoms with Gasteiger partial charge in [0.05, 0.1) is 38.6 Å². The summed E-state index contributed by atoms with van der Waals surface area (Å²) in [5, 5.41) is 119. The van der Waals surface area contributed by atoms with Crippen LogP contribution in [0.2, 0.25) is 0 Å². The molecule has 0 radical (unpaired) electrons. The predicted molar refractivity (Wildman–Crippen MR) is 236 cm³/mol. The van der Waals surface area contributed by atoms with Gasteiger partial charge >= 0.3 is 0 Å². The second-order valence-electron chi connectivity index (χ2n) is 17.9. The van der Waals surface area contributed by atoms with E-state index in [1.807, 2.05) is 6.08 Å². The molecule has 19 nitrogen and oxygen atoms in total. The van der Waals surface area contributed by atoms with Crippen LogP contribution in [0.25, 0.3) is 0 Å². The number of carbonyl (C=O) groups excluding carboxylic acids is 1. The number of amides is 1. The molecule has 3 saturated heterocycles. The summed E-state index contributed by atoms with van der Waals surface area (Å²) in [4.78, 5) is 13.1. The van der Waals surface area contributed by atoms with Gasteiger partial charge in [0.15, 0.2) is 18.9 Å². The molecule has 0 saturated carbocycles. The van der Waals surface area contributed by atoms with E-state index in [2.05, 4.69) is 19.2 Å². The summed E-state index contributed by atoms with van der Waals surface area (Å²) in [7, 11) is 0. The van der Waals surface area contributed by atoms with Crippen molar-refractivity contribution in [1.29, 1.82) is 0 Å². The number of carbonyl (C=O) groups is 1. The summed E-state index contributed by atoms with van der Waals surface area (Å²) in [5.74, 6) is -0.282. The molecule has 3 aliphatic rings. The van der Waals surface area contributed by atoms with E-state index in [4.69, 9.17) is 28.4 Å². The van der Waals surface area contributed by atoms with Crippen LogP contribution < -0.4 is 5.32 Å². The van der Waals surface area contributed by atoms with Gasteiger partial charge in [-0.25, -0.2) is 0 Å². The number of rotatable bonds is 33. The summed E-state index contributed by atoms with van der Waals surface area (Å²) in [6.45, 7) is 1.60. The monoisotopic (exact) mass is 940 g/mol. The molecule has 3 rings (SSSR count). The van der Waals surface area contributed by atoms with Gasteiger partial charge in [0.1, 0.15) is 73.2 Å². The molecule has 0 aromatic rings. The van der Waals surface area contributed by atoms with Crippen LogP contribution in [0.4, 0.5) is 0 Å². The van der Waals surface area contributed by atoms with Crippen molar-refractivity contribution in [2.24, 2.45) is 0 Å². The van der Waals surface area contributed by atoms with Gasteiger partial charge in [-0.05, 0) is 19.3 Å². The second kappa shape index (κ2) is 32.4. The zero-order valence-corrected chi connectivity index (χ0v) is 38.7. The molecule has 0 aromatic heterocycles. The Morgan fingerprint density at radius 1 is 0.538 bits per heavy atom. The predicted octanol–water partition coefficient (Wildman–Crippen LogP) is 0.695. The quantitative estimate of drug-likeness (QED) is 0.0318. The number of ether oxygens (including phenoxy) is 6. The fourth-order valence-electron chi connectivity index (χ4n) is 8.42. The maximum atomic E-state index is 13.1. The smallest absolute Gasteiger partial charge is 0.220 e. The van der Waals surface area contributed by atoms with Crippen molar-refractivity contribution in [3.05, 3.63) is 12.2 Å². The molecule has 0 spiro atoms. The molecule has 19 heteroatoms. The van der Waals surface area contributed by atoms with Crippen LogP contribution in [0, 0.1) is 0 Å². The summed E-state index contributed by atoms with van der Waals surface area (Å²) in [6, 6.07) is -0.962. The van der Waals surface area contributed by atoms with E-state index in [0.717, 1.165) is 57.8 Å². The van der Waals surface area contributed by atoms with Crippen LogP contribution in [-0.2, 0) is 33.2 Å². The maximum Gasteiger partial charge on any atom is 0.220 e. The zero-order valence-electron chi connectivity index (χ0n) is 38.7. The van der Waals surface area contributed by atoms with Crippen LogP contribution >= 0.6 is 0 Å². The van der Waals surface area contributed by atoms with Crippen molar-refractivity contribution in [3.8, 4) is 0 Å². The first-order valence-electron chi connectivity index (χ1n) is 24.4. The van der Waals surface area contributed by atoms with Crippen LogP contribution in [-0.4, -0.2) is 193 Å². The molecule has 17 unspecified atom stereocenters. The highest BCUT2D eigenvalue weighted by atomic mass is 16.8. The molecule has 382 valence electrons. The van der Waals surface area contributed by atoms with Gasteiger partial charge in [-0.15, -0.1) is 0 Å². The Bertz CT molecular complexity index is 1260. The lowest BCUT2D eigenvalue weighted by molar-refractivity contribution is -0.379. The minimum atomic E-state index is -1.97. The van der Waals surface area contributed by atoms with Gasteiger partial charge in [-0.3, -0.25) is 4.79 Å². The van der Waals surface area contributed by atoms with Crippen LogP contribution in [0.15, 0.2) is 12.2 Å². The van der Waals surface area contributed by atoms with E-state index >= 15 is 0 Å². The molecule has 0 bridgehead atoms. The van der Waals surface area contributed by atoms with E-state index in [1.54, 1.807) is 6.08 Å². The first-order valence-corrected chi connectivity index (χ1v) is 24.4. The van der Waals surface area contributed by atoms with E-state index in [1.165, 1.54) is 57.8 Å². The fourth-order valence-corrected chi connectivity index (χ4v) is 8.42. The minimum absolute atomic E-state index is 0.247. The molecule has 3 heterocycles. The average Bonchev–Trinajstić information content (AvgIpc) is 3.30. The third-order valence-electron chi connectivity index (χ3n) is 12.6. The lowest BCUT2D eigenvalue weighted by atomic mass is 9.96. The number of aliphatic hydroxyl groups excluding tert-OH is 11. The highest BCUT2D eigenvalue weighted by molar-refractivity contribution is 5.76. The fraction of sp³-hybridized carbons (Fsp3) is 0.935. The highest BCUT2D eigenvalue weighted by Gasteiger charge is 2.53. The van der Waals surface area contributed by atoms with Gasteiger partial charge in [0.25, 0.3) is 0 Å². The normalized spacial score (nSPS) is 34.2. The van der Waals surface area contributed by atoms with Crippen molar-refractivity contribution in [3.63, 3.8) is 0 Å². The molecule has 3 fully saturated rings. The van der Waals surface area contributed by atoms with E-state index < -0.39 is 124 Å². The number of aliphatic hydroxyl groups is 11. The van der Waals surface area contributed by atoms with Crippen molar-refractivity contribution in [2.45, 2.75) is 247 Å². The summed E-state index contributed by atoms with van der Waals surface area (Å²) < 4.78 is 34.0. The zero-order chi connectivity index (χ0) is 47.7. The summed E-state index contributed by atoms with van der Waals surface area (Å²) >= 11 is 0. The SMILES string of the molecule is CCCCCCC/C=C/C(O)C(COC1OC(CO)C(OC2OC(CO)C(OC3OC(CO)C(O)C(O)C3O)C(O)C2O)C(O)C1O)NC(=O)CCCCCCCCCCCCCCC. The Morgan fingerprint density at radius 2 is 0.954 bits per heavy atom. The molecule has 0 aliphatic carbocycles. The van der Waals surface area contributed by atoms with Crippen molar-refractivity contribution in [2.75, 3.05) is 26.4 Å². The Kier molecular flexibility index (Phi) is 28.8. The summed E-state index contributed by atoms with van der Waals surface area (Å²) in [5.41, 5.74) is 0. The van der Waals surface area contributed by atoms with E-state index in [9.17, 15) is 61.0 Å². The number of allylic oxidation sites excluding steroid dienone is 1. The van der Waals surface area contributed by atoms with Gasteiger partial charge in [-0.1, -0.05) is 129 Å². The highest BCUT2D eigenvalue weighted by Crippen LogP contribution is 2.33. The molecule has 12 N–H and O–H groups in total. The number of unbranched alkanes of at least 4 members (excludes halogenated alkanes) is 17. The third kappa shape index (κ3) is 19.1. The number of hydrogen-bond donors (Lipinski definition) is 12. The lowest BCUT2D eigenvalue weighted by Crippen LogP contribution is -2.66. The number of nitrogens with one attached hydrogen (secondary N) is 1. The maximum absolute atomic E-state index is 13.1. The van der Waals surface area contributed by atoms with Gasteiger partial charge < -0.3 is 89.9 Å². The van der Waals surface area contributed by atoms with Gasteiger partial charge in [0, 0.05) is 6.42 Å². The largest absolute Gasteiger partial charge is 0.394 e. The molecule has 17 atom stereocenters. The average molecular weight is 940 g/mol. The lowest BCUT2D eigenvalue weighted by Gasteiger charge is -2.48. The van der Waals surface area contributed by atoms with Crippen LogP contribution in [0.5, 0.6) is 0 Å². The molecule has 65 heavy (non-hydrogen) atoms.